The van der Waals surface area contributed by atoms with Crippen molar-refractivity contribution in [2.45, 2.75) is 71.8 Å². The number of hydrogen-bond donors (Lipinski definition) is 0. The number of allylic oxidation sites excluding steroid dienone is 2. The highest BCUT2D eigenvalue weighted by Crippen LogP contribution is 2.11. The number of Topliss-reactive ketones (excluding diaryl/α,β-unsaturated/α-hetero) is 1. The Labute approximate surface area is 111 Å². The molecule has 0 spiro atoms. The van der Waals surface area contributed by atoms with Crippen molar-refractivity contribution in [3.63, 3.8) is 0 Å². The minimum Gasteiger partial charge on any atom is -0.457 e. The van der Waals surface area contributed by atoms with Crippen LogP contribution in [0.4, 0.5) is 0 Å². The van der Waals surface area contributed by atoms with Crippen LogP contribution in [0.2, 0.25) is 0 Å². The standard InChI is InChI=1S/C15H26O3/c1-4-7-8-9-10-12-13(6-3)18-15(17)14(16)11-5-2/h4,7,13H,5-6,8-12H2,1-3H3. The summed E-state index contributed by atoms with van der Waals surface area (Å²) in [6, 6.07) is 0. The van der Waals surface area contributed by atoms with Crippen molar-refractivity contribution in [1.82, 2.24) is 0 Å². The van der Waals surface area contributed by atoms with Crippen molar-refractivity contribution in [2.24, 2.45) is 0 Å². The molecule has 0 aliphatic carbocycles. The van der Waals surface area contributed by atoms with Crippen molar-refractivity contribution in [2.75, 3.05) is 0 Å². The van der Waals surface area contributed by atoms with Crippen LogP contribution >= 0.6 is 0 Å². The van der Waals surface area contributed by atoms with E-state index in [1.807, 2.05) is 26.8 Å². The van der Waals surface area contributed by atoms with Crippen LogP contribution in [0.15, 0.2) is 12.2 Å². The van der Waals surface area contributed by atoms with E-state index in [2.05, 4.69) is 6.08 Å². The fraction of sp³-hybridized carbons (Fsp3) is 0.733. The minimum atomic E-state index is -0.655. The van der Waals surface area contributed by atoms with Gasteiger partial charge in [-0.2, -0.15) is 0 Å². The zero-order valence-electron chi connectivity index (χ0n) is 11.9. The first kappa shape index (κ1) is 16.9. The summed E-state index contributed by atoms with van der Waals surface area (Å²) in [7, 11) is 0. The lowest BCUT2D eigenvalue weighted by atomic mass is 10.1. The molecule has 0 saturated heterocycles. The third kappa shape index (κ3) is 8.04. The van der Waals surface area contributed by atoms with Crippen LogP contribution < -0.4 is 0 Å². The van der Waals surface area contributed by atoms with Gasteiger partial charge in [0.15, 0.2) is 0 Å². The first-order chi connectivity index (χ1) is 8.65. The van der Waals surface area contributed by atoms with Crippen LogP contribution in [0.25, 0.3) is 0 Å². The lowest BCUT2D eigenvalue weighted by Gasteiger charge is -2.15. The molecule has 3 nitrogen and oxygen atoms in total. The molecule has 0 amide bonds. The molecule has 0 N–H and O–H groups in total. The van der Waals surface area contributed by atoms with Crippen LogP contribution in [-0.4, -0.2) is 17.9 Å². The Morgan fingerprint density at radius 1 is 1.22 bits per heavy atom. The van der Waals surface area contributed by atoms with Crippen LogP contribution in [-0.2, 0) is 14.3 Å². The summed E-state index contributed by atoms with van der Waals surface area (Å²) in [6.07, 6.45) is 9.86. The largest absolute Gasteiger partial charge is 0.457 e. The molecule has 0 fully saturated rings. The quantitative estimate of drug-likeness (QED) is 0.258. The first-order valence-electron chi connectivity index (χ1n) is 7.00. The second kappa shape index (κ2) is 11.0. The van der Waals surface area contributed by atoms with E-state index in [1.54, 1.807) is 0 Å². The first-order valence-corrected chi connectivity index (χ1v) is 7.00. The summed E-state index contributed by atoms with van der Waals surface area (Å²) < 4.78 is 5.21. The van der Waals surface area contributed by atoms with Crippen LogP contribution in [0, 0.1) is 0 Å². The maximum atomic E-state index is 11.5. The van der Waals surface area contributed by atoms with E-state index < -0.39 is 11.8 Å². The van der Waals surface area contributed by atoms with Crippen molar-refractivity contribution in [1.29, 1.82) is 0 Å². The summed E-state index contributed by atoms with van der Waals surface area (Å²) in [5.41, 5.74) is 0. The molecule has 18 heavy (non-hydrogen) atoms. The van der Waals surface area contributed by atoms with Gasteiger partial charge in [-0.1, -0.05) is 26.0 Å². The Kier molecular flexibility index (Phi) is 10.3. The molecule has 0 aromatic rings. The third-order valence-electron chi connectivity index (χ3n) is 2.82. The smallest absolute Gasteiger partial charge is 0.374 e. The van der Waals surface area contributed by atoms with Crippen LogP contribution in [0.5, 0.6) is 0 Å². The van der Waals surface area contributed by atoms with E-state index in [0.29, 0.717) is 6.42 Å². The number of carbonyl (C=O) groups is 2. The Morgan fingerprint density at radius 3 is 2.50 bits per heavy atom. The topological polar surface area (TPSA) is 43.4 Å². The summed E-state index contributed by atoms with van der Waals surface area (Å²) >= 11 is 0. The van der Waals surface area contributed by atoms with Crippen molar-refractivity contribution >= 4 is 11.8 Å². The number of carbonyl (C=O) groups excluding carboxylic acids is 2. The lowest BCUT2D eigenvalue weighted by molar-refractivity contribution is -0.158. The Balaban J connectivity index is 3.88. The Hall–Kier alpha value is -1.12. The molecule has 1 atom stereocenters. The molecule has 0 bridgehead atoms. The fourth-order valence-electron chi connectivity index (χ4n) is 1.69. The average molecular weight is 254 g/mol. The molecule has 0 aliphatic rings. The summed E-state index contributed by atoms with van der Waals surface area (Å²) in [4.78, 5) is 22.8. The molecule has 0 saturated carbocycles. The molecule has 0 radical (unpaired) electrons. The van der Waals surface area contributed by atoms with E-state index in [0.717, 1.165) is 32.1 Å². The molecular weight excluding hydrogens is 228 g/mol. The second-order valence-corrected chi connectivity index (χ2v) is 4.46. The van der Waals surface area contributed by atoms with Gasteiger partial charge in [-0.05, 0) is 45.4 Å². The van der Waals surface area contributed by atoms with Gasteiger partial charge < -0.3 is 4.74 Å². The normalized spacial score (nSPS) is 12.6. The molecular formula is C15H26O3. The zero-order valence-corrected chi connectivity index (χ0v) is 11.9. The van der Waals surface area contributed by atoms with Gasteiger partial charge in [0.25, 0.3) is 0 Å². The SMILES string of the molecule is CC=CCCCCC(CC)OC(=O)C(=O)CCC. The van der Waals surface area contributed by atoms with E-state index in [4.69, 9.17) is 4.74 Å². The maximum Gasteiger partial charge on any atom is 0.374 e. The number of unbranched alkanes of at least 4 members (excludes halogenated alkanes) is 2. The van der Waals surface area contributed by atoms with Gasteiger partial charge in [0.05, 0.1) is 0 Å². The zero-order chi connectivity index (χ0) is 13.8. The predicted molar refractivity (Wildman–Crippen MR) is 73.4 cm³/mol. The molecule has 0 heterocycles. The minimum absolute atomic E-state index is 0.107. The number of esters is 1. The van der Waals surface area contributed by atoms with Gasteiger partial charge in [-0.25, -0.2) is 4.79 Å². The number of rotatable bonds is 10. The number of ether oxygens (including phenoxy) is 1. The van der Waals surface area contributed by atoms with Gasteiger partial charge >= 0.3 is 5.97 Å². The lowest BCUT2D eigenvalue weighted by Crippen LogP contribution is -2.24. The Bertz CT molecular complexity index is 269. The summed E-state index contributed by atoms with van der Waals surface area (Å²) in [5, 5.41) is 0. The van der Waals surface area contributed by atoms with Crippen molar-refractivity contribution in [3.8, 4) is 0 Å². The molecule has 0 aromatic carbocycles. The van der Waals surface area contributed by atoms with Gasteiger partial charge in [0, 0.05) is 6.42 Å². The average Bonchev–Trinajstić information content (AvgIpc) is 2.37. The molecule has 0 rings (SSSR count). The van der Waals surface area contributed by atoms with Gasteiger partial charge in [0.2, 0.25) is 5.78 Å². The predicted octanol–water partition coefficient (Wildman–Crippen LogP) is 3.81. The molecule has 1 unspecified atom stereocenters. The number of ketones is 1. The third-order valence-corrected chi connectivity index (χ3v) is 2.82. The molecule has 0 aliphatic heterocycles. The monoisotopic (exact) mass is 254 g/mol. The van der Waals surface area contributed by atoms with Crippen molar-refractivity contribution in [3.05, 3.63) is 12.2 Å². The maximum absolute atomic E-state index is 11.5. The fourth-order valence-corrected chi connectivity index (χ4v) is 1.69. The van der Waals surface area contributed by atoms with E-state index in [1.165, 1.54) is 0 Å². The van der Waals surface area contributed by atoms with E-state index >= 15 is 0 Å². The second-order valence-electron chi connectivity index (χ2n) is 4.46. The van der Waals surface area contributed by atoms with E-state index in [-0.39, 0.29) is 12.5 Å². The summed E-state index contributed by atoms with van der Waals surface area (Å²) in [5.74, 6) is -1.05. The Morgan fingerprint density at radius 2 is 1.94 bits per heavy atom. The van der Waals surface area contributed by atoms with Crippen molar-refractivity contribution < 1.29 is 14.3 Å². The van der Waals surface area contributed by atoms with E-state index in [9.17, 15) is 9.59 Å². The number of hydrogen-bond acceptors (Lipinski definition) is 3. The van der Waals surface area contributed by atoms with Crippen LogP contribution in [0.3, 0.4) is 0 Å². The molecule has 104 valence electrons. The van der Waals surface area contributed by atoms with Gasteiger partial charge in [-0.3, -0.25) is 4.79 Å². The molecule has 0 aromatic heterocycles. The highest BCUT2D eigenvalue weighted by atomic mass is 16.5. The van der Waals surface area contributed by atoms with Crippen LogP contribution in [0.1, 0.15) is 65.7 Å². The summed E-state index contributed by atoms with van der Waals surface area (Å²) in [6.45, 7) is 5.87. The van der Waals surface area contributed by atoms with Gasteiger partial charge in [-0.15, -0.1) is 0 Å². The highest BCUT2D eigenvalue weighted by Gasteiger charge is 2.18. The van der Waals surface area contributed by atoms with Gasteiger partial charge in [0.1, 0.15) is 6.10 Å². The highest BCUT2D eigenvalue weighted by molar-refractivity contribution is 6.33. The molecule has 3 heteroatoms.